The normalized spacial score (nSPS) is 16.1. The van der Waals surface area contributed by atoms with Crippen molar-refractivity contribution in [3.8, 4) is 5.75 Å². The average molecular weight is 584 g/mol. The highest BCUT2D eigenvalue weighted by Crippen LogP contribution is 2.35. The fraction of sp³-hybridized carbons (Fsp3) is 0.294. The standard InChI is InChI=1S/C34H37N3O4S/c1-41-28-14-5-11-25(19-28)22-35-23-31(38)29(20-24-9-3-2-4-10-24)36-33(39)26-12-6-13-27(21-26)34(40)37-17-7-15-30(37)32-16-8-18-42-32/h2-6,8-14,16,18-19,21,29-31,35,38H,7,15,17,20,22-23H2,1H3,(H,36,39)/t29-,30?,31-/m0/s1. The number of nitrogens with one attached hydrogen (secondary N) is 2. The van der Waals surface area contributed by atoms with Crippen molar-refractivity contribution < 1.29 is 19.4 Å². The molecule has 1 aliphatic heterocycles. The zero-order chi connectivity index (χ0) is 29.3. The first kappa shape index (κ1) is 29.5. The van der Waals surface area contributed by atoms with E-state index in [0.717, 1.165) is 29.7 Å². The molecule has 8 heteroatoms. The Balaban J connectivity index is 1.26. The van der Waals surface area contributed by atoms with E-state index in [-0.39, 0.29) is 24.4 Å². The van der Waals surface area contributed by atoms with Gasteiger partial charge in [0.1, 0.15) is 5.75 Å². The predicted molar refractivity (Wildman–Crippen MR) is 166 cm³/mol. The molecule has 1 saturated heterocycles. The van der Waals surface area contributed by atoms with Crippen molar-refractivity contribution >= 4 is 23.2 Å². The maximum atomic E-state index is 13.5. The molecule has 0 aliphatic carbocycles. The summed E-state index contributed by atoms with van der Waals surface area (Å²) in [5.41, 5.74) is 2.92. The Bertz CT molecular complexity index is 1460. The maximum absolute atomic E-state index is 13.5. The van der Waals surface area contributed by atoms with Crippen molar-refractivity contribution in [2.24, 2.45) is 0 Å². The molecule has 0 spiro atoms. The smallest absolute Gasteiger partial charge is 0.254 e. The molecule has 3 atom stereocenters. The Kier molecular flexibility index (Phi) is 10.0. The van der Waals surface area contributed by atoms with Crippen LogP contribution in [0.15, 0.2) is 96.4 Å². The number of nitrogens with zero attached hydrogens (tertiary/aromatic N) is 1. The van der Waals surface area contributed by atoms with Crippen molar-refractivity contribution in [3.05, 3.63) is 124 Å². The van der Waals surface area contributed by atoms with Crippen LogP contribution in [0.3, 0.4) is 0 Å². The Morgan fingerprint density at radius 2 is 1.76 bits per heavy atom. The highest BCUT2D eigenvalue weighted by Gasteiger charge is 2.31. The summed E-state index contributed by atoms with van der Waals surface area (Å²) >= 11 is 1.67. The van der Waals surface area contributed by atoms with Crippen LogP contribution in [0.25, 0.3) is 0 Å². The van der Waals surface area contributed by atoms with E-state index in [0.29, 0.717) is 30.6 Å². The number of aliphatic hydroxyl groups excluding tert-OH is 1. The number of methoxy groups -OCH3 is 1. The number of amides is 2. The van der Waals surface area contributed by atoms with E-state index >= 15 is 0 Å². The van der Waals surface area contributed by atoms with Gasteiger partial charge in [0, 0.05) is 35.6 Å². The predicted octanol–water partition coefficient (Wildman–Crippen LogP) is 5.23. The minimum atomic E-state index is -0.847. The lowest BCUT2D eigenvalue weighted by atomic mass is 10.00. The minimum absolute atomic E-state index is 0.0665. The Hall–Kier alpha value is -3.98. The number of hydrogen-bond acceptors (Lipinski definition) is 6. The number of likely N-dealkylation sites (tertiary alicyclic amines) is 1. The van der Waals surface area contributed by atoms with Crippen LogP contribution < -0.4 is 15.4 Å². The van der Waals surface area contributed by atoms with E-state index in [1.165, 1.54) is 4.88 Å². The molecule has 2 amide bonds. The van der Waals surface area contributed by atoms with Gasteiger partial charge in [-0.2, -0.15) is 0 Å². The van der Waals surface area contributed by atoms with Crippen LogP contribution in [-0.4, -0.2) is 54.2 Å². The number of rotatable bonds is 12. The number of benzene rings is 3. The summed E-state index contributed by atoms with van der Waals surface area (Å²) in [5.74, 6) is 0.383. The van der Waals surface area contributed by atoms with Crippen LogP contribution >= 0.6 is 11.3 Å². The fourth-order valence-electron chi connectivity index (χ4n) is 5.44. The van der Waals surface area contributed by atoms with Gasteiger partial charge in [0.25, 0.3) is 11.8 Å². The molecular formula is C34H37N3O4S. The molecule has 1 aromatic heterocycles. The van der Waals surface area contributed by atoms with Crippen molar-refractivity contribution in [1.29, 1.82) is 0 Å². The monoisotopic (exact) mass is 583 g/mol. The van der Waals surface area contributed by atoms with Crippen LogP contribution in [0.5, 0.6) is 5.75 Å². The summed E-state index contributed by atoms with van der Waals surface area (Å²) in [5, 5.41) is 19.6. The van der Waals surface area contributed by atoms with Gasteiger partial charge in [-0.25, -0.2) is 0 Å². The van der Waals surface area contributed by atoms with E-state index in [1.54, 1.807) is 42.7 Å². The van der Waals surface area contributed by atoms with Crippen molar-refractivity contribution in [2.45, 2.75) is 44.0 Å². The summed E-state index contributed by atoms with van der Waals surface area (Å²) in [6, 6.07) is 28.0. The summed E-state index contributed by atoms with van der Waals surface area (Å²) in [7, 11) is 1.63. The van der Waals surface area contributed by atoms with Gasteiger partial charge >= 0.3 is 0 Å². The minimum Gasteiger partial charge on any atom is -0.497 e. The number of ether oxygens (including phenoxy) is 1. The van der Waals surface area contributed by atoms with E-state index < -0.39 is 12.1 Å². The quantitative estimate of drug-likeness (QED) is 0.213. The van der Waals surface area contributed by atoms with Gasteiger partial charge in [-0.3, -0.25) is 9.59 Å². The molecule has 3 aromatic carbocycles. The molecule has 3 N–H and O–H groups in total. The lowest BCUT2D eigenvalue weighted by molar-refractivity contribution is 0.0737. The van der Waals surface area contributed by atoms with Crippen LogP contribution in [0.2, 0.25) is 0 Å². The van der Waals surface area contributed by atoms with E-state index in [9.17, 15) is 14.7 Å². The Morgan fingerprint density at radius 3 is 2.55 bits per heavy atom. The summed E-state index contributed by atoms with van der Waals surface area (Å²) in [4.78, 5) is 30.1. The van der Waals surface area contributed by atoms with Gasteiger partial charge in [0.05, 0.1) is 25.3 Å². The van der Waals surface area contributed by atoms with Crippen LogP contribution in [0, 0.1) is 0 Å². The number of thiophene rings is 1. The topological polar surface area (TPSA) is 90.9 Å². The molecule has 0 radical (unpaired) electrons. The van der Waals surface area contributed by atoms with E-state index in [4.69, 9.17) is 4.74 Å². The molecule has 42 heavy (non-hydrogen) atoms. The Morgan fingerprint density at radius 1 is 0.976 bits per heavy atom. The zero-order valence-corrected chi connectivity index (χ0v) is 24.6. The molecule has 4 aromatic rings. The van der Waals surface area contributed by atoms with Gasteiger partial charge < -0.3 is 25.4 Å². The lowest BCUT2D eigenvalue weighted by Crippen LogP contribution is -2.48. The molecule has 1 aliphatic rings. The molecule has 2 heterocycles. The SMILES string of the molecule is COc1cccc(CNC[C@H](O)[C@H](Cc2ccccc2)NC(=O)c2cccc(C(=O)N3CCCC3c3cccs3)c2)c1. The lowest BCUT2D eigenvalue weighted by Gasteiger charge is -2.26. The molecule has 1 fully saturated rings. The molecule has 218 valence electrons. The number of carbonyl (C=O) groups excluding carboxylic acids is 2. The van der Waals surface area contributed by atoms with E-state index in [1.807, 2.05) is 70.9 Å². The van der Waals surface area contributed by atoms with E-state index in [2.05, 4.69) is 16.7 Å². The number of hydrogen-bond donors (Lipinski definition) is 3. The van der Waals surface area contributed by atoms with Crippen LogP contribution in [0.1, 0.15) is 55.6 Å². The second-order valence-electron chi connectivity index (χ2n) is 10.6. The summed E-state index contributed by atoms with van der Waals surface area (Å²) < 4.78 is 5.30. The van der Waals surface area contributed by atoms with Crippen molar-refractivity contribution in [2.75, 3.05) is 20.2 Å². The van der Waals surface area contributed by atoms with Crippen molar-refractivity contribution in [3.63, 3.8) is 0 Å². The molecule has 5 rings (SSSR count). The van der Waals surface area contributed by atoms with Crippen LogP contribution in [0.4, 0.5) is 0 Å². The first-order valence-electron chi connectivity index (χ1n) is 14.3. The highest BCUT2D eigenvalue weighted by molar-refractivity contribution is 7.10. The highest BCUT2D eigenvalue weighted by atomic mass is 32.1. The second-order valence-corrected chi connectivity index (χ2v) is 11.6. The average Bonchev–Trinajstić information content (AvgIpc) is 3.74. The third kappa shape index (κ3) is 7.45. The molecule has 0 saturated carbocycles. The van der Waals surface area contributed by atoms with Gasteiger partial charge in [-0.05, 0) is 72.2 Å². The van der Waals surface area contributed by atoms with Gasteiger partial charge in [-0.15, -0.1) is 11.3 Å². The fourth-order valence-corrected chi connectivity index (χ4v) is 6.31. The maximum Gasteiger partial charge on any atom is 0.254 e. The first-order chi connectivity index (χ1) is 20.5. The van der Waals surface area contributed by atoms with Gasteiger partial charge in [0.15, 0.2) is 0 Å². The summed E-state index contributed by atoms with van der Waals surface area (Å²) in [6.07, 6.45) is 1.51. The molecule has 0 bridgehead atoms. The largest absolute Gasteiger partial charge is 0.497 e. The molecule has 1 unspecified atom stereocenters. The number of carbonyl (C=O) groups is 2. The van der Waals surface area contributed by atoms with Gasteiger partial charge in [0.2, 0.25) is 0 Å². The summed E-state index contributed by atoms with van der Waals surface area (Å²) in [6.45, 7) is 1.53. The Labute approximate surface area is 251 Å². The van der Waals surface area contributed by atoms with Crippen LogP contribution in [-0.2, 0) is 13.0 Å². The first-order valence-corrected chi connectivity index (χ1v) is 15.2. The number of aliphatic hydroxyl groups is 1. The third-order valence-corrected chi connectivity index (χ3v) is 8.63. The molecule has 7 nitrogen and oxygen atoms in total. The third-order valence-electron chi connectivity index (χ3n) is 7.65. The van der Waals surface area contributed by atoms with Crippen molar-refractivity contribution in [1.82, 2.24) is 15.5 Å². The zero-order valence-electron chi connectivity index (χ0n) is 23.7. The molecular weight excluding hydrogens is 546 g/mol. The van der Waals surface area contributed by atoms with Gasteiger partial charge in [-0.1, -0.05) is 54.6 Å². The second kappa shape index (κ2) is 14.3.